The topological polar surface area (TPSA) is 80.9 Å². The smallest absolute Gasteiger partial charge is 0.312 e. The Balaban J connectivity index is 1.27. The second-order valence-electron chi connectivity index (χ2n) is 9.32. The van der Waals surface area contributed by atoms with Crippen LogP contribution >= 0.6 is 11.3 Å². The van der Waals surface area contributed by atoms with Crippen LogP contribution < -0.4 is 5.56 Å². The summed E-state index contributed by atoms with van der Waals surface area (Å²) in [7, 11) is 0. The van der Waals surface area contributed by atoms with E-state index in [-0.39, 0.29) is 18.1 Å². The highest BCUT2D eigenvalue weighted by Gasteiger charge is 2.60. The number of nitrogens with zero attached hydrogens (tertiary/aromatic N) is 2. The van der Waals surface area contributed by atoms with Crippen LogP contribution in [-0.4, -0.2) is 26.1 Å². The van der Waals surface area contributed by atoms with E-state index in [1.54, 1.807) is 4.40 Å². The lowest BCUT2D eigenvalue weighted by Crippen LogP contribution is -2.58. The maximum Gasteiger partial charge on any atom is 0.312 e. The number of fused-ring (bicyclic) bond motifs is 3. The lowest BCUT2D eigenvalue weighted by Gasteiger charge is -2.58. The lowest BCUT2D eigenvalue weighted by molar-refractivity contribution is -0.197. The molecule has 150 valence electrons. The number of hydrogen-bond donors (Lipinski definition) is 1. The fourth-order valence-electron chi connectivity index (χ4n) is 6.44. The molecule has 0 amide bonds. The van der Waals surface area contributed by atoms with Crippen molar-refractivity contribution in [1.82, 2.24) is 9.38 Å². The summed E-state index contributed by atoms with van der Waals surface area (Å²) in [5.74, 6) is 0.612. The van der Waals surface area contributed by atoms with Gasteiger partial charge in [-0.05, 0) is 62.5 Å². The molecule has 0 aliphatic heterocycles. The summed E-state index contributed by atoms with van der Waals surface area (Å²) in [5.41, 5.74) is -0.109. The average molecular weight is 410 g/mol. The summed E-state index contributed by atoms with van der Waals surface area (Å²) in [6.45, 7) is -0.00562. The molecule has 4 bridgehead atoms. The van der Waals surface area contributed by atoms with Crippen molar-refractivity contribution in [3.8, 4) is 0 Å². The summed E-state index contributed by atoms with van der Waals surface area (Å²) in [5, 5.41) is 10.9. The predicted octanol–water partition coefficient (Wildman–Crippen LogP) is 3.28. The SMILES string of the molecule is O=C(OCc1cc(=O)n2c(n1)sc1ccccc12)C12C[C@@H]3C[C@@H](CC(O)(C3)C1)C2. The van der Waals surface area contributed by atoms with Crippen LogP contribution in [0.15, 0.2) is 35.1 Å². The summed E-state index contributed by atoms with van der Waals surface area (Å²) in [4.78, 5) is 30.9. The van der Waals surface area contributed by atoms with Gasteiger partial charge in [0.15, 0.2) is 4.96 Å². The van der Waals surface area contributed by atoms with Crippen LogP contribution in [0.25, 0.3) is 15.2 Å². The van der Waals surface area contributed by atoms with Gasteiger partial charge in [0.2, 0.25) is 0 Å². The number of aliphatic hydroxyl groups is 1. The van der Waals surface area contributed by atoms with E-state index in [1.165, 1.54) is 17.4 Å². The third kappa shape index (κ3) is 2.67. The van der Waals surface area contributed by atoms with Crippen molar-refractivity contribution in [2.45, 2.75) is 50.7 Å². The molecule has 0 spiro atoms. The minimum atomic E-state index is -0.698. The molecular formula is C22H22N2O4S. The van der Waals surface area contributed by atoms with Crippen molar-refractivity contribution in [3.05, 3.63) is 46.4 Å². The number of carbonyl (C=O) groups excluding carboxylic acids is 1. The number of benzene rings is 1. The Morgan fingerprint density at radius 2 is 2.00 bits per heavy atom. The van der Waals surface area contributed by atoms with Crippen molar-refractivity contribution in [3.63, 3.8) is 0 Å². The quantitative estimate of drug-likeness (QED) is 0.670. The molecule has 4 saturated carbocycles. The Morgan fingerprint density at radius 1 is 1.24 bits per heavy atom. The predicted molar refractivity (Wildman–Crippen MR) is 109 cm³/mol. The molecule has 7 rings (SSSR count). The van der Waals surface area contributed by atoms with Gasteiger partial charge >= 0.3 is 5.97 Å². The van der Waals surface area contributed by atoms with Crippen molar-refractivity contribution in [2.75, 3.05) is 0 Å². The Bertz CT molecular complexity index is 1200. The average Bonchev–Trinajstić information content (AvgIpc) is 3.03. The molecule has 3 aromatic rings. The van der Waals surface area contributed by atoms with Gasteiger partial charge in [0.1, 0.15) is 6.61 Å². The number of para-hydroxylation sites is 1. The van der Waals surface area contributed by atoms with Gasteiger partial charge in [-0.25, -0.2) is 4.98 Å². The number of thiazole rings is 1. The second kappa shape index (κ2) is 5.89. The molecule has 2 unspecified atom stereocenters. The van der Waals surface area contributed by atoms with Crippen LogP contribution in [0.2, 0.25) is 0 Å². The number of esters is 1. The van der Waals surface area contributed by atoms with E-state index in [0.717, 1.165) is 42.3 Å². The summed E-state index contributed by atoms with van der Waals surface area (Å²) < 4.78 is 8.27. The fraction of sp³-hybridized carbons (Fsp3) is 0.500. The lowest BCUT2D eigenvalue weighted by atomic mass is 9.48. The highest BCUT2D eigenvalue weighted by atomic mass is 32.1. The number of carbonyl (C=O) groups is 1. The Morgan fingerprint density at radius 3 is 2.76 bits per heavy atom. The third-order valence-corrected chi connectivity index (χ3v) is 8.08. The Labute approximate surface area is 171 Å². The molecule has 1 aromatic carbocycles. The second-order valence-corrected chi connectivity index (χ2v) is 10.3. The first kappa shape index (κ1) is 17.6. The van der Waals surface area contributed by atoms with Crippen LogP contribution in [-0.2, 0) is 16.1 Å². The van der Waals surface area contributed by atoms with E-state index < -0.39 is 11.0 Å². The number of hydrogen-bond acceptors (Lipinski definition) is 6. The van der Waals surface area contributed by atoms with Crippen LogP contribution in [0.3, 0.4) is 0 Å². The van der Waals surface area contributed by atoms with Crippen LogP contribution in [0.5, 0.6) is 0 Å². The Kier molecular flexibility index (Phi) is 3.57. The summed E-state index contributed by atoms with van der Waals surface area (Å²) in [6, 6.07) is 9.15. The van der Waals surface area contributed by atoms with E-state index >= 15 is 0 Å². The van der Waals surface area contributed by atoms with Gasteiger partial charge in [-0.3, -0.25) is 14.0 Å². The molecule has 4 fully saturated rings. The number of ether oxygens (including phenoxy) is 1. The highest BCUT2D eigenvalue weighted by Crippen LogP contribution is 2.62. The third-order valence-electron chi connectivity index (χ3n) is 7.06. The van der Waals surface area contributed by atoms with Crippen LogP contribution in [0.4, 0.5) is 0 Å². The van der Waals surface area contributed by atoms with E-state index in [1.807, 2.05) is 24.3 Å². The first-order valence-corrected chi connectivity index (χ1v) is 11.0. The van der Waals surface area contributed by atoms with Crippen molar-refractivity contribution >= 4 is 32.5 Å². The molecule has 6 nitrogen and oxygen atoms in total. The zero-order valence-corrected chi connectivity index (χ0v) is 16.8. The van der Waals surface area contributed by atoms with Gasteiger partial charge in [0.25, 0.3) is 5.56 Å². The van der Waals surface area contributed by atoms with Crippen molar-refractivity contribution < 1.29 is 14.6 Å². The fourth-order valence-corrected chi connectivity index (χ4v) is 7.49. The zero-order chi connectivity index (χ0) is 19.8. The van der Waals surface area contributed by atoms with Gasteiger partial charge < -0.3 is 9.84 Å². The number of aromatic nitrogens is 2. The maximum absolute atomic E-state index is 13.1. The minimum absolute atomic E-state index is 0.00562. The van der Waals surface area contributed by atoms with Gasteiger partial charge in [-0.1, -0.05) is 23.5 Å². The van der Waals surface area contributed by atoms with Crippen LogP contribution in [0, 0.1) is 17.3 Å². The molecule has 2 aromatic heterocycles. The molecule has 0 radical (unpaired) electrons. The molecule has 2 heterocycles. The van der Waals surface area contributed by atoms with Gasteiger partial charge in [0.05, 0.1) is 26.9 Å². The molecule has 7 heteroatoms. The minimum Gasteiger partial charge on any atom is -0.459 e. The standard InChI is InChI=1S/C22H22N2O4S/c25-18-6-15(23-20-24(18)16-3-1-2-4-17(16)29-20)11-28-19(26)21-7-13-5-14(8-21)10-22(27,9-13)12-21/h1-4,6,13-14,27H,5,7-12H2/t13-,14+,21?,22?. The first-order valence-electron chi connectivity index (χ1n) is 10.2. The number of rotatable bonds is 3. The van der Waals surface area contributed by atoms with Gasteiger partial charge in [0, 0.05) is 6.07 Å². The molecular weight excluding hydrogens is 388 g/mol. The monoisotopic (exact) mass is 410 g/mol. The highest BCUT2D eigenvalue weighted by molar-refractivity contribution is 7.23. The molecule has 0 saturated heterocycles. The van der Waals surface area contributed by atoms with E-state index in [9.17, 15) is 14.7 Å². The molecule has 4 aliphatic rings. The maximum atomic E-state index is 13.1. The van der Waals surface area contributed by atoms with Crippen LogP contribution in [0.1, 0.15) is 44.2 Å². The normalized spacial score (nSPS) is 32.9. The first-order chi connectivity index (χ1) is 13.9. The zero-order valence-electron chi connectivity index (χ0n) is 16.0. The van der Waals surface area contributed by atoms with Gasteiger partial charge in [-0.15, -0.1) is 0 Å². The largest absolute Gasteiger partial charge is 0.459 e. The van der Waals surface area contributed by atoms with Crippen molar-refractivity contribution in [1.29, 1.82) is 0 Å². The Hall–Kier alpha value is -2.25. The van der Waals surface area contributed by atoms with Gasteiger partial charge in [-0.2, -0.15) is 0 Å². The molecule has 4 aliphatic carbocycles. The summed E-state index contributed by atoms with van der Waals surface area (Å²) in [6.07, 6.45) is 4.90. The molecule has 1 N–H and O–H groups in total. The van der Waals surface area contributed by atoms with E-state index in [2.05, 4.69) is 4.98 Å². The van der Waals surface area contributed by atoms with Crippen molar-refractivity contribution in [2.24, 2.45) is 17.3 Å². The van der Waals surface area contributed by atoms with E-state index in [0.29, 0.717) is 28.9 Å². The summed E-state index contributed by atoms with van der Waals surface area (Å²) >= 11 is 1.45. The van der Waals surface area contributed by atoms with E-state index in [4.69, 9.17) is 4.74 Å². The molecule has 29 heavy (non-hydrogen) atoms. The molecule has 4 atom stereocenters.